The van der Waals surface area contributed by atoms with Gasteiger partial charge in [0.05, 0.1) is 6.10 Å². The van der Waals surface area contributed by atoms with Gasteiger partial charge in [0.1, 0.15) is 17.9 Å². The maximum absolute atomic E-state index is 12.8. The van der Waals surface area contributed by atoms with Crippen LogP contribution in [0, 0.1) is 0 Å². The third-order valence-electron chi connectivity index (χ3n) is 6.56. The summed E-state index contributed by atoms with van der Waals surface area (Å²) in [5.41, 5.74) is 1.45. The van der Waals surface area contributed by atoms with Gasteiger partial charge >= 0.3 is 0 Å². The Morgan fingerprint density at radius 3 is 2.69 bits per heavy atom. The Kier molecular flexibility index (Phi) is 4.55. The monoisotopic (exact) mass is 399 g/mol. The number of nitrogens with zero attached hydrogens (tertiary/aromatic N) is 2. The van der Waals surface area contributed by atoms with Crippen LogP contribution in [-0.2, 0) is 16.1 Å². The lowest BCUT2D eigenvalue weighted by Crippen LogP contribution is -2.58. The smallest absolute Gasteiger partial charge is 0.255 e. The summed E-state index contributed by atoms with van der Waals surface area (Å²) < 4.78 is 6.28. The number of carbonyl (C=O) groups is 3. The number of fused-ring (bicyclic) bond motifs is 1. The molecule has 4 aliphatic rings. The molecule has 3 amide bonds. The minimum atomic E-state index is -0.603. The zero-order chi connectivity index (χ0) is 20.1. The van der Waals surface area contributed by atoms with Crippen LogP contribution in [0.1, 0.15) is 48.0 Å². The number of nitrogens with one attached hydrogen (secondary N) is 1. The number of amides is 3. The molecule has 1 saturated carbocycles. The van der Waals surface area contributed by atoms with Crippen molar-refractivity contribution in [2.45, 2.75) is 62.9 Å². The highest BCUT2D eigenvalue weighted by Gasteiger charge is 2.41. The van der Waals surface area contributed by atoms with E-state index in [2.05, 4.69) is 10.2 Å². The van der Waals surface area contributed by atoms with Gasteiger partial charge in [0.2, 0.25) is 11.8 Å². The molecular weight excluding hydrogens is 374 g/mol. The fourth-order valence-electron chi connectivity index (χ4n) is 5.02. The van der Waals surface area contributed by atoms with E-state index in [0.29, 0.717) is 37.7 Å². The van der Waals surface area contributed by atoms with Crippen LogP contribution in [0.25, 0.3) is 0 Å². The number of benzene rings is 1. The molecule has 0 aromatic heterocycles. The van der Waals surface area contributed by atoms with Crippen LogP contribution >= 0.6 is 0 Å². The molecule has 3 heterocycles. The Morgan fingerprint density at radius 2 is 1.93 bits per heavy atom. The molecule has 154 valence electrons. The van der Waals surface area contributed by atoms with E-state index in [4.69, 9.17) is 4.74 Å². The van der Waals surface area contributed by atoms with Crippen molar-refractivity contribution in [3.8, 4) is 5.75 Å². The lowest BCUT2D eigenvalue weighted by Gasteiger charge is -2.42. The molecule has 29 heavy (non-hydrogen) atoms. The van der Waals surface area contributed by atoms with E-state index in [1.807, 2.05) is 12.1 Å². The van der Waals surface area contributed by atoms with E-state index < -0.39 is 11.9 Å². The number of aliphatic hydroxyl groups excluding tert-OH is 1. The molecule has 2 N–H and O–H groups in total. The molecule has 2 saturated heterocycles. The van der Waals surface area contributed by atoms with Gasteiger partial charge in [-0.3, -0.25) is 24.6 Å². The summed E-state index contributed by atoms with van der Waals surface area (Å²) in [4.78, 5) is 40.2. The number of β-amino-alcohol motifs (C(OH)–C–C–N with tert-alkyl or cyclic N) is 1. The quantitative estimate of drug-likeness (QED) is 0.712. The molecule has 0 bridgehead atoms. The molecule has 1 unspecified atom stereocenters. The van der Waals surface area contributed by atoms with Crippen LogP contribution in [0.15, 0.2) is 18.2 Å². The summed E-state index contributed by atoms with van der Waals surface area (Å²) in [6.07, 6.45) is 3.64. The number of imide groups is 1. The summed E-state index contributed by atoms with van der Waals surface area (Å²) in [5.74, 6) is -0.120. The fraction of sp³-hybridized carbons (Fsp3) is 0.571. The largest absolute Gasteiger partial charge is 0.489 e. The summed E-state index contributed by atoms with van der Waals surface area (Å²) in [6, 6.07) is 5.23. The van der Waals surface area contributed by atoms with Crippen LogP contribution in [-0.4, -0.2) is 70.0 Å². The van der Waals surface area contributed by atoms with Crippen molar-refractivity contribution in [1.82, 2.24) is 15.1 Å². The average Bonchev–Trinajstić information content (AvgIpc) is 3.24. The minimum absolute atomic E-state index is 0.0869. The average molecular weight is 399 g/mol. The van der Waals surface area contributed by atoms with E-state index in [1.54, 1.807) is 11.0 Å². The van der Waals surface area contributed by atoms with Crippen molar-refractivity contribution >= 4 is 17.7 Å². The molecule has 8 heteroatoms. The molecule has 5 rings (SSSR count). The second-order valence-corrected chi connectivity index (χ2v) is 8.48. The highest BCUT2D eigenvalue weighted by atomic mass is 16.5. The first-order chi connectivity index (χ1) is 14.0. The van der Waals surface area contributed by atoms with Crippen LogP contribution in [0.3, 0.4) is 0 Å². The molecule has 1 aromatic rings. The molecular formula is C21H25N3O5. The third-order valence-corrected chi connectivity index (χ3v) is 6.56. The number of hydrogen-bond acceptors (Lipinski definition) is 6. The predicted octanol–water partition coefficient (Wildman–Crippen LogP) is 0.424. The highest BCUT2D eigenvalue weighted by Crippen LogP contribution is 2.34. The molecule has 0 spiro atoms. The maximum atomic E-state index is 12.8. The van der Waals surface area contributed by atoms with Crippen LogP contribution < -0.4 is 10.1 Å². The van der Waals surface area contributed by atoms with Crippen molar-refractivity contribution in [3.63, 3.8) is 0 Å². The SMILES string of the molecule is O=C1CCC(N2Cc3cc(O[C@@H]4CCC[C@@H]4N4CC(O)C4)ccc3C2=O)C(=O)N1. The van der Waals surface area contributed by atoms with Gasteiger partial charge in [-0.15, -0.1) is 0 Å². The van der Waals surface area contributed by atoms with Crippen molar-refractivity contribution in [1.29, 1.82) is 0 Å². The Hall–Kier alpha value is -2.45. The number of likely N-dealkylation sites (tertiary alicyclic amines) is 1. The van der Waals surface area contributed by atoms with Crippen LogP contribution in [0.5, 0.6) is 5.75 Å². The Balaban J connectivity index is 1.29. The van der Waals surface area contributed by atoms with Gasteiger partial charge in [0.15, 0.2) is 0 Å². The minimum Gasteiger partial charge on any atom is -0.489 e. The molecule has 0 radical (unpaired) electrons. The number of carbonyl (C=O) groups excluding carboxylic acids is 3. The summed E-state index contributed by atoms with van der Waals surface area (Å²) >= 11 is 0. The molecule has 1 aliphatic carbocycles. The van der Waals surface area contributed by atoms with Gasteiger partial charge in [-0.25, -0.2) is 0 Å². The first kappa shape index (κ1) is 18.6. The van der Waals surface area contributed by atoms with Crippen LogP contribution in [0.4, 0.5) is 0 Å². The second-order valence-electron chi connectivity index (χ2n) is 8.48. The van der Waals surface area contributed by atoms with Crippen molar-refractivity contribution < 1.29 is 24.2 Å². The number of piperidine rings is 1. The highest BCUT2D eigenvalue weighted by molar-refractivity contribution is 6.05. The maximum Gasteiger partial charge on any atom is 0.255 e. The zero-order valence-corrected chi connectivity index (χ0v) is 16.2. The van der Waals surface area contributed by atoms with Crippen LogP contribution in [0.2, 0.25) is 0 Å². The van der Waals surface area contributed by atoms with Gasteiger partial charge in [0.25, 0.3) is 5.91 Å². The lowest BCUT2D eigenvalue weighted by atomic mass is 10.0. The van der Waals surface area contributed by atoms with E-state index in [9.17, 15) is 19.5 Å². The number of aliphatic hydroxyl groups is 1. The Morgan fingerprint density at radius 1 is 1.10 bits per heavy atom. The molecule has 8 nitrogen and oxygen atoms in total. The Labute approximate surface area is 168 Å². The van der Waals surface area contributed by atoms with E-state index >= 15 is 0 Å². The van der Waals surface area contributed by atoms with Crippen molar-refractivity contribution in [2.75, 3.05) is 13.1 Å². The third kappa shape index (κ3) is 3.30. The lowest BCUT2D eigenvalue weighted by molar-refractivity contribution is -0.136. The van der Waals surface area contributed by atoms with Gasteiger partial charge < -0.3 is 14.7 Å². The number of ether oxygens (including phenoxy) is 1. The first-order valence-corrected chi connectivity index (χ1v) is 10.4. The number of rotatable bonds is 4. The summed E-state index contributed by atoms with van der Waals surface area (Å²) in [7, 11) is 0. The van der Waals surface area contributed by atoms with Gasteiger partial charge in [-0.2, -0.15) is 0 Å². The van der Waals surface area contributed by atoms with Crippen molar-refractivity contribution in [2.24, 2.45) is 0 Å². The Bertz CT molecular complexity index is 866. The summed E-state index contributed by atoms with van der Waals surface area (Å²) in [5, 5.41) is 11.9. The van der Waals surface area contributed by atoms with Gasteiger partial charge in [-0.05, 0) is 49.4 Å². The normalized spacial score (nSPS) is 30.3. The molecule has 3 aliphatic heterocycles. The predicted molar refractivity (Wildman–Crippen MR) is 102 cm³/mol. The first-order valence-electron chi connectivity index (χ1n) is 10.4. The fourth-order valence-corrected chi connectivity index (χ4v) is 5.02. The van der Waals surface area contributed by atoms with Crippen molar-refractivity contribution in [3.05, 3.63) is 29.3 Å². The van der Waals surface area contributed by atoms with E-state index in [1.165, 1.54) is 0 Å². The van der Waals surface area contributed by atoms with E-state index in [-0.39, 0.29) is 30.4 Å². The van der Waals surface area contributed by atoms with Gasteiger partial charge in [0, 0.05) is 37.7 Å². The molecule has 1 aromatic carbocycles. The zero-order valence-electron chi connectivity index (χ0n) is 16.2. The van der Waals surface area contributed by atoms with Gasteiger partial charge in [-0.1, -0.05) is 0 Å². The summed E-state index contributed by atoms with van der Waals surface area (Å²) in [6.45, 7) is 1.78. The molecule has 3 atom stereocenters. The number of hydrogen-bond donors (Lipinski definition) is 2. The standard InChI is InChI=1S/C21H25N3O5/c25-13-10-23(11-13)16-2-1-3-18(16)29-14-4-5-15-12(8-14)9-24(21(15)28)17-6-7-19(26)22-20(17)27/h4-5,8,13,16-18,25H,1-3,6-7,9-11H2,(H,22,26,27)/t16-,17?,18+/m0/s1. The second kappa shape index (κ2) is 7.11. The molecule has 3 fully saturated rings. The topological polar surface area (TPSA) is 99.2 Å². The van der Waals surface area contributed by atoms with E-state index in [0.717, 1.165) is 30.6 Å².